The molecule has 6 heteroatoms. The van der Waals surface area contributed by atoms with E-state index in [0.717, 1.165) is 4.42 Å². The van der Waals surface area contributed by atoms with Crippen LogP contribution in [0.3, 0.4) is 0 Å². The molecule has 20 heavy (non-hydrogen) atoms. The van der Waals surface area contributed by atoms with Crippen LogP contribution >= 0.6 is 11.8 Å². The minimum atomic E-state index is -0.494. The van der Waals surface area contributed by atoms with E-state index in [2.05, 4.69) is 5.32 Å². The lowest BCUT2D eigenvalue weighted by Crippen LogP contribution is -2.37. The fourth-order valence-electron chi connectivity index (χ4n) is 2.27. The Hall–Kier alpha value is -1.59. The van der Waals surface area contributed by atoms with Crippen LogP contribution in [0, 0.1) is 11.8 Å². The molecule has 2 unspecified atom stereocenters. The molecule has 0 aromatic heterocycles. The summed E-state index contributed by atoms with van der Waals surface area (Å²) in [7, 11) is 0. The van der Waals surface area contributed by atoms with Crippen molar-refractivity contribution in [2.45, 2.75) is 6.92 Å². The average Bonchev–Trinajstić information content (AvgIpc) is 2.96. The Kier molecular flexibility index (Phi) is 4.98. The molecule has 1 aromatic carbocycles. The number of rotatable bonds is 4. The number of ether oxygens (including phenoxy) is 1. The van der Waals surface area contributed by atoms with Gasteiger partial charge in [-0.2, -0.15) is 0 Å². The lowest BCUT2D eigenvalue weighted by Gasteiger charge is -2.21. The predicted molar refractivity (Wildman–Crippen MR) is 76.3 cm³/mol. The molecular weight excluding hydrogens is 280 g/mol. The monoisotopic (exact) mass is 296 g/mol. The number of anilines is 1. The van der Waals surface area contributed by atoms with Gasteiger partial charge in [-0.05, 0) is 19.1 Å². The summed E-state index contributed by atoms with van der Waals surface area (Å²) in [6.45, 7) is 2.92. The fraction of sp³-hybridized carbons (Fsp3) is 0.429. The molecule has 0 saturated carbocycles. The third-order valence-corrected chi connectivity index (χ3v) is 3.66. The van der Waals surface area contributed by atoms with E-state index in [1.165, 1.54) is 0 Å². The quantitative estimate of drug-likeness (QED) is 0.677. The molecule has 2 rings (SSSR count). The van der Waals surface area contributed by atoms with E-state index in [1.807, 2.05) is 6.07 Å². The maximum absolute atomic E-state index is 12.4. The number of carbonyl (C=O) groups is 2. The second-order valence-electron chi connectivity index (χ2n) is 4.58. The molecule has 1 fully saturated rings. The van der Waals surface area contributed by atoms with Crippen LogP contribution in [0.15, 0.2) is 30.3 Å². The van der Waals surface area contributed by atoms with Gasteiger partial charge in [0.15, 0.2) is 0 Å². The molecule has 1 amide bonds. The number of para-hydroxylation sites is 1. The maximum Gasteiger partial charge on any atom is 0.311 e. The van der Waals surface area contributed by atoms with E-state index in [4.69, 9.17) is 16.5 Å². The van der Waals surface area contributed by atoms with Gasteiger partial charge < -0.3 is 10.1 Å². The van der Waals surface area contributed by atoms with Crippen LogP contribution in [0.4, 0.5) is 5.69 Å². The third kappa shape index (κ3) is 3.11. The van der Waals surface area contributed by atoms with E-state index in [1.54, 1.807) is 31.2 Å². The summed E-state index contributed by atoms with van der Waals surface area (Å²) in [4.78, 5) is 24.3. The Balaban J connectivity index is 2.09. The number of nitrogens with zero attached hydrogens (tertiary/aromatic N) is 1. The van der Waals surface area contributed by atoms with Crippen LogP contribution in [-0.4, -0.2) is 31.6 Å². The standard InChI is InChI=1S/C14H17ClN2O3/c1-2-20-14(19)12-9-16-8-11(12)13(18)17(15)10-6-4-3-5-7-10/h3-7,11-12,16H,2,8-9H2,1H3. The number of carbonyl (C=O) groups excluding carboxylic acids is 2. The van der Waals surface area contributed by atoms with Crippen LogP contribution in [-0.2, 0) is 14.3 Å². The Morgan fingerprint density at radius 3 is 2.60 bits per heavy atom. The summed E-state index contributed by atoms with van der Waals surface area (Å²) in [6, 6.07) is 8.93. The zero-order chi connectivity index (χ0) is 14.5. The number of esters is 1. The molecule has 5 nitrogen and oxygen atoms in total. The second kappa shape index (κ2) is 6.72. The Morgan fingerprint density at radius 1 is 1.30 bits per heavy atom. The van der Waals surface area contributed by atoms with Gasteiger partial charge >= 0.3 is 5.97 Å². The number of hydrogen-bond acceptors (Lipinski definition) is 4. The fourth-order valence-corrected chi connectivity index (χ4v) is 2.50. The average molecular weight is 297 g/mol. The van der Waals surface area contributed by atoms with Crippen molar-refractivity contribution in [3.63, 3.8) is 0 Å². The smallest absolute Gasteiger partial charge is 0.311 e. The molecule has 0 radical (unpaired) electrons. The zero-order valence-electron chi connectivity index (χ0n) is 11.2. The van der Waals surface area contributed by atoms with Gasteiger partial charge in [0, 0.05) is 24.9 Å². The van der Waals surface area contributed by atoms with Crippen LogP contribution < -0.4 is 9.74 Å². The summed E-state index contributed by atoms with van der Waals surface area (Å²) in [6.07, 6.45) is 0. The van der Waals surface area contributed by atoms with Gasteiger partial charge in [-0.1, -0.05) is 18.2 Å². The number of amides is 1. The molecule has 0 spiro atoms. The highest BCUT2D eigenvalue weighted by molar-refractivity contribution is 6.37. The first-order valence-electron chi connectivity index (χ1n) is 6.57. The third-order valence-electron chi connectivity index (χ3n) is 3.30. The van der Waals surface area contributed by atoms with Gasteiger partial charge in [-0.15, -0.1) is 0 Å². The SMILES string of the molecule is CCOC(=O)C1CNCC1C(=O)N(Cl)c1ccccc1. The maximum atomic E-state index is 12.4. The van der Waals surface area contributed by atoms with E-state index in [0.29, 0.717) is 25.4 Å². The molecule has 2 atom stereocenters. The highest BCUT2D eigenvalue weighted by Gasteiger charge is 2.40. The van der Waals surface area contributed by atoms with Crippen molar-refractivity contribution in [2.75, 3.05) is 24.1 Å². The van der Waals surface area contributed by atoms with E-state index in [-0.39, 0.29) is 11.9 Å². The van der Waals surface area contributed by atoms with Crippen LogP contribution in [0.1, 0.15) is 6.92 Å². The molecule has 1 N–H and O–H groups in total. The van der Waals surface area contributed by atoms with Gasteiger partial charge in [-0.25, -0.2) is 4.42 Å². The molecule has 1 saturated heterocycles. The van der Waals surface area contributed by atoms with E-state index >= 15 is 0 Å². The van der Waals surface area contributed by atoms with Crippen molar-refractivity contribution in [1.82, 2.24) is 5.32 Å². The lowest BCUT2D eigenvalue weighted by molar-refractivity contribution is -0.150. The van der Waals surface area contributed by atoms with E-state index < -0.39 is 11.8 Å². The zero-order valence-corrected chi connectivity index (χ0v) is 12.0. The second-order valence-corrected chi connectivity index (χ2v) is 4.92. The first kappa shape index (κ1) is 14.8. The molecule has 108 valence electrons. The van der Waals surface area contributed by atoms with Gasteiger partial charge in [0.05, 0.1) is 24.1 Å². The summed E-state index contributed by atoms with van der Waals surface area (Å²) in [5, 5.41) is 3.04. The van der Waals surface area contributed by atoms with Gasteiger partial charge in [-0.3, -0.25) is 9.59 Å². The number of hydrogen-bond donors (Lipinski definition) is 1. The van der Waals surface area contributed by atoms with Crippen LogP contribution in [0.5, 0.6) is 0 Å². The van der Waals surface area contributed by atoms with Crippen molar-refractivity contribution in [3.05, 3.63) is 30.3 Å². The summed E-state index contributed by atoms with van der Waals surface area (Å²) >= 11 is 6.09. The van der Waals surface area contributed by atoms with Crippen molar-refractivity contribution < 1.29 is 14.3 Å². The molecule has 1 aliphatic rings. The summed E-state index contributed by atoms with van der Waals surface area (Å²) in [5.74, 6) is -1.62. The molecule has 1 aliphatic heterocycles. The van der Waals surface area contributed by atoms with Crippen LogP contribution in [0.2, 0.25) is 0 Å². The molecular formula is C14H17ClN2O3. The minimum absolute atomic E-state index is 0.291. The van der Waals surface area contributed by atoms with Gasteiger partial charge in [0.25, 0.3) is 0 Å². The normalized spacial score (nSPS) is 21.5. The summed E-state index contributed by atoms with van der Waals surface area (Å²) in [5.41, 5.74) is 0.591. The van der Waals surface area contributed by atoms with Crippen molar-refractivity contribution >= 4 is 29.3 Å². The predicted octanol–water partition coefficient (Wildman–Crippen LogP) is 1.57. The van der Waals surface area contributed by atoms with Crippen LogP contribution in [0.25, 0.3) is 0 Å². The number of halogens is 1. The molecule has 0 aliphatic carbocycles. The molecule has 1 aromatic rings. The van der Waals surface area contributed by atoms with Crippen molar-refractivity contribution in [2.24, 2.45) is 11.8 Å². The van der Waals surface area contributed by atoms with Crippen molar-refractivity contribution in [1.29, 1.82) is 0 Å². The summed E-state index contributed by atoms with van der Waals surface area (Å²) < 4.78 is 6.07. The van der Waals surface area contributed by atoms with Gasteiger partial charge in [0.1, 0.15) is 0 Å². The largest absolute Gasteiger partial charge is 0.466 e. The Labute approximate surface area is 123 Å². The highest BCUT2D eigenvalue weighted by Crippen LogP contribution is 2.25. The topological polar surface area (TPSA) is 58.6 Å². The Bertz CT molecular complexity index is 481. The minimum Gasteiger partial charge on any atom is -0.466 e. The number of benzene rings is 1. The number of nitrogens with one attached hydrogen (secondary N) is 1. The molecule has 1 heterocycles. The molecule has 0 bridgehead atoms. The first-order chi connectivity index (χ1) is 9.65. The lowest BCUT2D eigenvalue weighted by atomic mass is 9.95. The van der Waals surface area contributed by atoms with Crippen molar-refractivity contribution in [3.8, 4) is 0 Å². The van der Waals surface area contributed by atoms with E-state index in [9.17, 15) is 9.59 Å². The van der Waals surface area contributed by atoms with Gasteiger partial charge in [0.2, 0.25) is 5.91 Å². The Morgan fingerprint density at radius 2 is 1.95 bits per heavy atom. The highest BCUT2D eigenvalue weighted by atomic mass is 35.5. The first-order valence-corrected chi connectivity index (χ1v) is 6.91.